The molecule has 0 aliphatic rings. The van der Waals surface area contributed by atoms with Crippen LogP contribution < -0.4 is 5.73 Å². The zero-order valence-electron chi connectivity index (χ0n) is 12.4. The first-order chi connectivity index (χ1) is 10.3. The van der Waals surface area contributed by atoms with Crippen molar-refractivity contribution in [2.75, 3.05) is 19.3 Å². The van der Waals surface area contributed by atoms with Gasteiger partial charge in [-0.15, -0.1) is 0 Å². The Morgan fingerprint density at radius 3 is 2.00 bits per heavy atom. The lowest BCUT2D eigenvalue weighted by Gasteiger charge is -2.17. The fourth-order valence-corrected chi connectivity index (χ4v) is 2.19. The van der Waals surface area contributed by atoms with Gasteiger partial charge in [-0.2, -0.15) is 13.2 Å². The van der Waals surface area contributed by atoms with E-state index in [-0.39, 0.29) is 0 Å². The van der Waals surface area contributed by atoms with Crippen molar-refractivity contribution in [1.29, 1.82) is 0 Å². The number of rotatable bonds is 5. The van der Waals surface area contributed by atoms with E-state index in [4.69, 9.17) is 5.73 Å². The maximum absolute atomic E-state index is 12.5. The number of halogens is 3. The highest BCUT2D eigenvalue weighted by molar-refractivity contribution is 5.39. The summed E-state index contributed by atoms with van der Waals surface area (Å²) in [5.41, 5.74) is 7.83. The molecule has 0 atom stereocenters. The summed E-state index contributed by atoms with van der Waals surface area (Å²) in [5.74, 6) is 0. The summed E-state index contributed by atoms with van der Waals surface area (Å²) in [6, 6.07) is 13.0. The Morgan fingerprint density at radius 1 is 0.909 bits per heavy atom. The fourth-order valence-electron chi connectivity index (χ4n) is 2.19. The number of nitrogens with two attached hydrogens (primary N) is 1. The number of likely N-dealkylation sites (N-methyl/N-ethyl adjacent to an activating group) is 1. The molecule has 0 heterocycles. The van der Waals surface area contributed by atoms with Crippen LogP contribution in [-0.4, -0.2) is 18.5 Å². The number of nitrogen functional groups attached to an aromatic ring is 1. The van der Waals surface area contributed by atoms with E-state index in [9.17, 15) is 13.2 Å². The molecule has 0 saturated carbocycles. The van der Waals surface area contributed by atoms with Gasteiger partial charge in [0.15, 0.2) is 0 Å². The summed E-state index contributed by atoms with van der Waals surface area (Å²) >= 11 is 0. The topological polar surface area (TPSA) is 29.3 Å². The Bertz CT molecular complexity index is 589. The molecule has 0 saturated heterocycles. The average molecular weight is 308 g/mol. The number of nitrogens with zero attached hydrogens (tertiary/aromatic N) is 1. The molecule has 5 heteroatoms. The lowest BCUT2D eigenvalue weighted by atomic mass is 10.1. The quantitative estimate of drug-likeness (QED) is 0.847. The lowest BCUT2D eigenvalue weighted by molar-refractivity contribution is -0.137. The number of alkyl halides is 3. The largest absolute Gasteiger partial charge is 0.416 e. The van der Waals surface area contributed by atoms with Gasteiger partial charge in [-0.1, -0.05) is 24.3 Å². The van der Waals surface area contributed by atoms with Crippen LogP contribution in [0, 0.1) is 0 Å². The highest BCUT2D eigenvalue weighted by atomic mass is 19.4. The lowest BCUT2D eigenvalue weighted by Crippen LogP contribution is -2.20. The predicted octanol–water partition coefficient (Wildman–Crippen LogP) is 3.96. The van der Waals surface area contributed by atoms with Crippen LogP contribution in [0.5, 0.6) is 0 Å². The van der Waals surface area contributed by atoms with Crippen molar-refractivity contribution in [3.8, 4) is 0 Å². The Morgan fingerprint density at radius 2 is 1.45 bits per heavy atom. The normalized spacial score (nSPS) is 11.9. The van der Waals surface area contributed by atoms with Crippen molar-refractivity contribution < 1.29 is 13.2 Å². The maximum atomic E-state index is 12.5. The first kappa shape index (κ1) is 16.4. The molecule has 0 bridgehead atoms. The number of hydrogen-bond donors (Lipinski definition) is 1. The number of benzene rings is 2. The second-order valence-corrected chi connectivity index (χ2v) is 5.42. The SMILES string of the molecule is CN(CCc1ccc(C(F)(F)F)cc1)Cc1ccc(N)cc1. The molecule has 0 aliphatic carbocycles. The third-order valence-electron chi connectivity index (χ3n) is 3.50. The smallest absolute Gasteiger partial charge is 0.399 e. The Hall–Kier alpha value is -2.01. The van der Waals surface area contributed by atoms with Gasteiger partial charge in [0.25, 0.3) is 0 Å². The molecule has 0 spiro atoms. The number of hydrogen-bond acceptors (Lipinski definition) is 2. The van der Waals surface area contributed by atoms with E-state index in [0.717, 1.165) is 42.0 Å². The van der Waals surface area contributed by atoms with Crippen molar-refractivity contribution >= 4 is 5.69 Å². The first-order valence-electron chi connectivity index (χ1n) is 7.04. The Labute approximate surface area is 128 Å². The number of anilines is 1. The van der Waals surface area contributed by atoms with Crippen molar-refractivity contribution in [3.63, 3.8) is 0 Å². The third-order valence-corrected chi connectivity index (χ3v) is 3.50. The molecular weight excluding hydrogens is 289 g/mol. The standard InChI is InChI=1S/C17H19F3N2/c1-22(12-14-4-8-16(21)9-5-14)11-10-13-2-6-15(7-3-13)17(18,19)20/h2-9H,10-12,21H2,1H3. The molecular formula is C17H19F3N2. The minimum Gasteiger partial charge on any atom is -0.399 e. The van der Waals surface area contributed by atoms with Crippen LogP contribution in [0.4, 0.5) is 18.9 Å². The molecule has 2 aromatic carbocycles. The zero-order chi connectivity index (χ0) is 16.2. The van der Waals surface area contributed by atoms with E-state index >= 15 is 0 Å². The highest BCUT2D eigenvalue weighted by Gasteiger charge is 2.29. The van der Waals surface area contributed by atoms with E-state index in [1.54, 1.807) is 12.1 Å². The summed E-state index contributed by atoms with van der Waals surface area (Å²) in [6.07, 6.45) is -3.56. The molecule has 118 valence electrons. The van der Waals surface area contributed by atoms with Crippen LogP contribution in [0.25, 0.3) is 0 Å². The van der Waals surface area contributed by atoms with E-state index < -0.39 is 11.7 Å². The van der Waals surface area contributed by atoms with Gasteiger partial charge >= 0.3 is 6.18 Å². The van der Waals surface area contributed by atoms with E-state index in [0.29, 0.717) is 6.42 Å². The van der Waals surface area contributed by atoms with Gasteiger partial charge < -0.3 is 10.6 Å². The minimum atomic E-state index is -4.27. The predicted molar refractivity (Wildman–Crippen MR) is 82.3 cm³/mol. The van der Waals surface area contributed by atoms with Gasteiger partial charge in [0.1, 0.15) is 0 Å². The molecule has 0 aliphatic heterocycles. The minimum absolute atomic E-state index is 0.605. The molecule has 2 nitrogen and oxygen atoms in total. The summed E-state index contributed by atoms with van der Waals surface area (Å²) in [6.45, 7) is 1.55. The van der Waals surface area contributed by atoms with Crippen molar-refractivity contribution in [2.45, 2.75) is 19.1 Å². The maximum Gasteiger partial charge on any atom is 0.416 e. The summed E-state index contributed by atoms with van der Waals surface area (Å²) in [5, 5.41) is 0. The van der Waals surface area contributed by atoms with Gasteiger partial charge in [-0.3, -0.25) is 0 Å². The zero-order valence-corrected chi connectivity index (χ0v) is 12.4. The second kappa shape index (κ2) is 6.83. The van der Waals surface area contributed by atoms with E-state index in [1.165, 1.54) is 0 Å². The molecule has 0 amide bonds. The molecule has 0 unspecified atom stereocenters. The summed E-state index contributed by atoms with van der Waals surface area (Å²) in [4.78, 5) is 2.13. The van der Waals surface area contributed by atoms with Crippen molar-refractivity contribution in [3.05, 3.63) is 65.2 Å². The molecule has 0 aromatic heterocycles. The average Bonchev–Trinajstić information content (AvgIpc) is 2.47. The van der Waals surface area contributed by atoms with Crippen LogP contribution >= 0.6 is 0 Å². The summed E-state index contributed by atoms with van der Waals surface area (Å²) in [7, 11) is 1.99. The molecule has 2 rings (SSSR count). The second-order valence-electron chi connectivity index (χ2n) is 5.42. The van der Waals surface area contributed by atoms with Crippen LogP contribution in [-0.2, 0) is 19.1 Å². The monoisotopic (exact) mass is 308 g/mol. The van der Waals surface area contributed by atoms with Crippen LogP contribution in [0.3, 0.4) is 0 Å². The van der Waals surface area contributed by atoms with Crippen molar-refractivity contribution in [2.24, 2.45) is 0 Å². The molecule has 2 aromatic rings. The van der Waals surface area contributed by atoms with E-state index in [1.807, 2.05) is 31.3 Å². The van der Waals surface area contributed by atoms with Gasteiger partial charge in [0.2, 0.25) is 0 Å². The fraction of sp³-hybridized carbons (Fsp3) is 0.294. The summed E-state index contributed by atoms with van der Waals surface area (Å²) < 4.78 is 37.5. The van der Waals surface area contributed by atoms with Crippen molar-refractivity contribution in [1.82, 2.24) is 4.90 Å². The van der Waals surface area contributed by atoms with Crippen LogP contribution in [0.15, 0.2) is 48.5 Å². The van der Waals surface area contributed by atoms with Crippen LogP contribution in [0.1, 0.15) is 16.7 Å². The van der Waals surface area contributed by atoms with Gasteiger partial charge in [0, 0.05) is 18.8 Å². The van der Waals surface area contributed by atoms with Crippen LogP contribution in [0.2, 0.25) is 0 Å². The van der Waals surface area contributed by atoms with E-state index in [2.05, 4.69) is 4.90 Å². The van der Waals surface area contributed by atoms with Gasteiger partial charge in [0.05, 0.1) is 5.56 Å². The molecule has 0 radical (unpaired) electrons. The van der Waals surface area contributed by atoms with Gasteiger partial charge in [-0.05, 0) is 48.9 Å². The first-order valence-corrected chi connectivity index (χ1v) is 7.04. The Balaban J connectivity index is 1.85. The molecule has 22 heavy (non-hydrogen) atoms. The third kappa shape index (κ3) is 4.77. The molecule has 0 fully saturated rings. The van der Waals surface area contributed by atoms with Gasteiger partial charge in [-0.25, -0.2) is 0 Å². The molecule has 2 N–H and O–H groups in total. The highest BCUT2D eigenvalue weighted by Crippen LogP contribution is 2.29. The Kier molecular flexibility index (Phi) is 5.08.